The third-order valence-corrected chi connectivity index (χ3v) is 11.5. The van der Waals surface area contributed by atoms with Gasteiger partial charge in [-0.3, -0.25) is 14.5 Å². The molecular weight excluding hydrogens is 678 g/mol. The second kappa shape index (κ2) is 16.8. The van der Waals surface area contributed by atoms with Crippen LogP contribution >= 0.6 is 11.8 Å². The van der Waals surface area contributed by atoms with E-state index in [0.29, 0.717) is 47.2 Å². The van der Waals surface area contributed by atoms with Crippen molar-refractivity contribution >= 4 is 28.7 Å². The number of rotatable bonds is 15. The number of nitriles is 1. The van der Waals surface area contributed by atoms with Gasteiger partial charge in [0.15, 0.2) is 0 Å². The van der Waals surface area contributed by atoms with E-state index in [0.717, 1.165) is 74.4 Å². The minimum absolute atomic E-state index is 0.0445. The zero-order valence-corrected chi connectivity index (χ0v) is 31.7. The monoisotopic (exact) mass is 727 g/mol. The molecule has 1 saturated carbocycles. The number of carbonyl (C=O) groups excluding carboxylic acids is 1. The van der Waals surface area contributed by atoms with Gasteiger partial charge in [-0.1, -0.05) is 19.1 Å². The number of imidazole rings is 1. The lowest BCUT2D eigenvalue weighted by Crippen LogP contribution is -2.44. The fraction of sp³-hybridized carbons (Fsp3) is 0.500. The van der Waals surface area contributed by atoms with Crippen molar-refractivity contribution in [1.29, 1.82) is 5.26 Å². The first kappa shape index (κ1) is 37.7. The summed E-state index contributed by atoms with van der Waals surface area (Å²) in [5.74, 6) is 1.26. The van der Waals surface area contributed by atoms with Crippen molar-refractivity contribution in [2.24, 2.45) is 0 Å². The second-order valence-electron chi connectivity index (χ2n) is 14.6. The number of nitrogens with zero attached hydrogens (tertiary/aromatic N) is 6. The van der Waals surface area contributed by atoms with E-state index in [9.17, 15) is 9.18 Å². The number of nitrogens with one attached hydrogen (secondary N) is 1. The Kier molecular flexibility index (Phi) is 12.2. The Bertz CT molecular complexity index is 1900. The van der Waals surface area contributed by atoms with Crippen LogP contribution in [0.25, 0.3) is 11.0 Å². The summed E-state index contributed by atoms with van der Waals surface area (Å²) in [6, 6.07) is 18.4. The maximum Gasteiger partial charge on any atom is 0.251 e. The number of benzene rings is 2. The molecule has 1 saturated heterocycles. The van der Waals surface area contributed by atoms with E-state index in [-0.39, 0.29) is 18.1 Å². The van der Waals surface area contributed by atoms with Gasteiger partial charge in [0.2, 0.25) is 5.88 Å². The molecular formula is C40H50FN7O3S. The van der Waals surface area contributed by atoms with Crippen molar-refractivity contribution in [3.63, 3.8) is 0 Å². The highest BCUT2D eigenvalue weighted by molar-refractivity contribution is 7.99. The number of piperidine rings is 1. The fourth-order valence-corrected chi connectivity index (χ4v) is 7.77. The molecule has 0 spiro atoms. The minimum atomic E-state index is -0.458. The van der Waals surface area contributed by atoms with Crippen molar-refractivity contribution in [2.75, 3.05) is 39.5 Å². The van der Waals surface area contributed by atoms with Crippen LogP contribution in [0.5, 0.6) is 5.88 Å². The zero-order valence-electron chi connectivity index (χ0n) is 30.9. The van der Waals surface area contributed by atoms with Crippen LogP contribution < -0.4 is 10.1 Å². The number of carbonyl (C=O) groups is 1. The quantitative estimate of drug-likeness (QED) is 0.127. The summed E-state index contributed by atoms with van der Waals surface area (Å²) < 4.78 is 22.6. The number of halogens is 1. The molecule has 0 radical (unpaired) electrons. The number of thioether (sulfide) groups is 1. The zero-order chi connectivity index (χ0) is 36.8. The largest absolute Gasteiger partial charge is 0.473 e. The Labute approximate surface area is 310 Å². The van der Waals surface area contributed by atoms with Crippen LogP contribution in [0.1, 0.15) is 97.8 Å². The SMILES string of the molecule is CCN(C)OCCC(C)(C)NC(=O)c1ccc2nc(CN3CCC(c4cccc(OCc5ccc(C#N)cc5F)n4)CC3)n(C3CC(SC)C3)c2c1. The smallest absolute Gasteiger partial charge is 0.251 e. The number of aromatic nitrogens is 3. The summed E-state index contributed by atoms with van der Waals surface area (Å²) in [5.41, 5.74) is 3.81. The summed E-state index contributed by atoms with van der Waals surface area (Å²) in [6.45, 7) is 10.0. The van der Waals surface area contributed by atoms with Crippen molar-refractivity contribution in [1.82, 2.24) is 29.8 Å². The lowest BCUT2D eigenvalue weighted by atomic mass is 9.91. The van der Waals surface area contributed by atoms with Gasteiger partial charge >= 0.3 is 0 Å². The summed E-state index contributed by atoms with van der Waals surface area (Å²) in [5, 5.41) is 14.7. The Balaban J connectivity index is 1.10. The Morgan fingerprint density at radius 3 is 2.63 bits per heavy atom. The summed E-state index contributed by atoms with van der Waals surface area (Å²) in [4.78, 5) is 31.6. The van der Waals surface area contributed by atoms with Gasteiger partial charge in [0.05, 0.1) is 35.8 Å². The normalized spacial score (nSPS) is 18.3. The highest BCUT2D eigenvalue weighted by Gasteiger charge is 2.34. The summed E-state index contributed by atoms with van der Waals surface area (Å²) >= 11 is 1.92. The number of hydrogen-bond donors (Lipinski definition) is 1. The number of ether oxygens (including phenoxy) is 1. The Morgan fingerprint density at radius 1 is 1.13 bits per heavy atom. The number of fused-ring (bicyclic) bond motifs is 1. The third-order valence-electron chi connectivity index (χ3n) is 10.4. The lowest BCUT2D eigenvalue weighted by Gasteiger charge is -2.37. The van der Waals surface area contributed by atoms with E-state index in [1.807, 2.05) is 76.0 Å². The van der Waals surface area contributed by atoms with Crippen LogP contribution in [0.15, 0.2) is 54.6 Å². The van der Waals surface area contributed by atoms with Crippen LogP contribution in [0, 0.1) is 17.1 Å². The topological polar surface area (TPSA) is 109 Å². The van der Waals surface area contributed by atoms with E-state index >= 15 is 0 Å². The lowest BCUT2D eigenvalue weighted by molar-refractivity contribution is -0.140. The molecule has 1 N–H and O–H groups in total. The van der Waals surface area contributed by atoms with E-state index in [1.165, 1.54) is 6.07 Å². The Hall–Kier alpha value is -4.02. The van der Waals surface area contributed by atoms with E-state index < -0.39 is 11.4 Å². The van der Waals surface area contributed by atoms with Gasteiger partial charge in [-0.2, -0.15) is 22.1 Å². The van der Waals surface area contributed by atoms with Crippen molar-refractivity contribution < 1.29 is 18.8 Å². The van der Waals surface area contributed by atoms with Gasteiger partial charge in [0.1, 0.15) is 18.2 Å². The molecule has 52 heavy (non-hydrogen) atoms. The highest BCUT2D eigenvalue weighted by atomic mass is 32.2. The predicted octanol–water partition coefficient (Wildman–Crippen LogP) is 7.25. The predicted molar refractivity (Wildman–Crippen MR) is 203 cm³/mol. The first-order valence-electron chi connectivity index (χ1n) is 18.3. The molecule has 1 aliphatic heterocycles. The molecule has 1 amide bonds. The van der Waals surface area contributed by atoms with Crippen molar-refractivity contribution in [3.8, 4) is 11.9 Å². The molecule has 3 heterocycles. The van der Waals surface area contributed by atoms with Gasteiger partial charge in [-0.25, -0.2) is 14.4 Å². The molecule has 10 nitrogen and oxygen atoms in total. The summed E-state index contributed by atoms with van der Waals surface area (Å²) in [6.07, 6.45) is 6.98. The number of hydroxylamine groups is 2. The minimum Gasteiger partial charge on any atom is -0.473 e. The molecule has 276 valence electrons. The van der Waals surface area contributed by atoms with Crippen molar-refractivity contribution in [2.45, 2.75) is 88.8 Å². The van der Waals surface area contributed by atoms with Crippen LogP contribution in [-0.4, -0.2) is 80.7 Å². The maximum atomic E-state index is 14.4. The molecule has 12 heteroatoms. The molecule has 0 unspecified atom stereocenters. The van der Waals surface area contributed by atoms with Gasteiger partial charge in [0.25, 0.3) is 5.91 Å². The van der Waals surface area contributed by atoms with E-state index in [2.05, 4.69) is 21.0 Å². The molecule has 6 rings (SSSR count). The van der Waals surface area contributed by atoms with Gasteiger partial charge in [-0.05, 0) is 102 Å². The standard InChI is InChI=1S/C40H50FN7O3S/c1-6-46(4)51-19-16-40(2,3)45-39(49)29-12-13-35-36(21-29)48(31-22-32(23-31)52-5)37(43-35)25-47-17-14-28(15-18-47)34-8-7-9-38(44-34)50-26-30-11-10-27(24-42)20-33(30)41/h7-13,20-21,28,31-32H,6,14-19,22-23,25-26H2,1-5H3,(H,45,49). The van der Waals surface area contributed by atoms with E-state index in [1.54, 1.807) is 23.3 Å². The van der Waals surface area contributed by atoms with Gasteiger partial charge in [-0.15, -0.1) is 0 Å². The first-order valence-corrected chi connectivity index (χ1v) is 19.6. The van der Waals surface area contributed by atoms with Crippen LogP contribution in [0.3, 0.4) is 0 Å². The van der Waals surface area contributed by atoms with Gasteiger partial charge < -0.3 is 14.6 Å². The molecule has 2 aromatic carbocycles. The highest BCUT2D eigenvalue weighted by Crippen LogP contribution is 2.42. The van der Waals surface area contributed by atoms with Crippen LogP contribution in [0.2, 0.25) is 0 Å². The number of amides is 1. The maximum absolute atomic E-state index is 14.4. The molecule has 2 aromatic heterocycles. The number of likely N-dealkylation sites (tertiary alicyclic amines) is 1. The van der Waals surface area contributed by atoms with Crippen LogP contribution in [0.4, 0.5) is 4.39 Å². The molecule has 0 atom stereocenters. The molecule has 2 aliphatic rings. The van der Waals surface area contributed by atoms with E-state index in [4.69, 9.17) is 24.8 Å². The molecule has 0 bridgehead atoms. The Morgan fingerprint density at radius 2 is 1.92 bits per heavy atom. The second-order valence-corrected chi connectivity index (χ2v) is 15.7. The van der Waals surface area contributed by atoms with Crippen LogP contribution in [-0.2, 0) is 18.0 Å². The van der Waals surface area contributed by atoms with Gasteiger partial charge in [0, 0.05) is 59.2 Å². The number of hydrogen-bond acceptors (Lipinski definition) is 9. The average Bonchev–Trinajstić information content (AvgIpc) is 3.47. The summed E-state index contributed by atoms with van der Waals surface area (Å²) in [7, 11) is 1.91. The molecule has 1 aliphatic carbocycles. The number of pyridine rings is 1. The van der Waals surface area contributed by atoms with Crippen molar-refractivity contribution in [3.05, 3.63) is 88.6 Å². The first-order chi connectivity index (χ1) is 25.0. The molecule has 4 aromatic rings. The fourth-order valence-electron chi connectivity index (χ4n) is 6.95. The third kappa shape index (κ3) is 9.12. The average molecular weight is 728 g/mol. The molecule has 2 fully saturated rings.